The molecule has 1 amide bonds. The van der Waals surface area contributed by atoms with Crippen molar-refractivity contribution < 1.29 is 14.3 Å². The molecule has 1 saturated heterocycles. The van der Waals surface area contributed by atoms with Gasteiger partial charge in [-0.2, -0.15) is 11.8 Å². The highest BCUT2D eigenvalue weighted by atomic mass is 32.2. The van der Waals surface area contributed by atoms with Gasteiger partial charge in [0.1, 0.15) is 11.5 Å². The molecule has 0 unspecified atom stereocenters. The van der Waals surface area contributed by atoms with Crippen LogP contribution in [0.15, 0.2) is 18.2 Å². The molecule has 0 radical (unpaired) electrons. The van der Waals surface area contributed by atoms with Crippen LogP contribution in [0.25, 0.3) is 0 Å². The molecule has 1 fully saturated rings. The minimum atomic E-state index is 0.0868. The first-order valence-corrected chi connectivity index (χ1v) is 7.50. The van der Waals surface area contributed by atoms with Gasteiger partial charge in [0.25, 0.3) is 0 Å². The number of ether oxygens (including phenoxy) is 2. The van der Waals surface area contributed by atoms with Crippen molar-refractivity contribution >= 4 is 23.4 Å². The number of carbonyl (C=O) groups is 1. The Labute approximate surface area is 117 Å². The number of methoxy groups -OCH3 is 2. The van der Waals surface area contributed by atoms with E-state index < -0.39 is 0 Å². The van der Waals surface area contributed by atoms with E-state index in [1.807, 2.05) is 23.9 Å². The third-order valence-electron chi connectivity index (χ3n) is 3.26. The Bertz CT molecular complexity index is 444. The molecule has 104 valence electrons. The van der Waals surface area contributed by atoms with Crippen LogP contribution in [0.5, 0.6) is 11.5 Å². The van der Waals surface area contributed by atoms with Crippen LogP contribution in [-0.2, 0) is 4.79 Å². The second kappa shape index (κ2) is 6.70. The molecule has 2 rings (SSSR count). The maximum Gasteiger partial charge on any atom is 0.227 e. The summed E-state index contributed by atoms with van der Waals surface area (Å²) in [5.74, 6) is 3.67. The number of anilines is 1. The zero-order valence-corrected chi connectivity index (χ0v) is 12.1. The molecule has 1 N–H and O–H groups in total. The molecular weight excluding hydrogens is 262 g/mol. The zero-order chi connectivity index (χ0) is 13.7. The number of amides is 1. The van der Waals surface area contributed by atoms with Gasteiger partial charge in [0.2, 0.25) is 5.91 Å². The van der Waals surface area contributed by atoms with Gasteiger partial charge in [0.05, 0.1) is 19.9 Å². The van der Waals surface area contributed by atoms with Gasteiger partial charge in [0.15, 0.2) is 0 Å². The Morgan fingerprint density at radius 2 is 2.00 bits per heavy atom. The summed E-state index contributed by atoms with van der Waals surface area (Å²) in [6.07, 6.45) is 1.91. The van der Waals surface area contributed by atoms with Crippen LogP contribution in [0.1, 0.15) is 12.8 Å². The van der Waals surface area contributed by atoms with Crippen molar-refractivity contribution in [3.63, 3.8) is 0 Å². The van der Waals surface area contributed by atoms with Crippen molar-refractivity contribution in [3.05, 3.63) is 18.2 Å². The van der Waals surface area contributed by atoms with Gasteiger partial charge in [-0.3, -0.25) is 4.79 Å². The van der Waals surface area contributed by atoms with Gasteiger partial charge in [0, 0.05) is 12.0 Å². The Morgan fingerprint density at radius 3 is 2.63 bits per heavy atom. The highest BCUT2D eigenvalue weighted by molar-refractivity contribution is 7.99. The Morgan fingerprint density at radius 1 is 1.26 bits per heavy atom. The summed E-state index contributed by atoms with van der Waals surface area (Å²) in [6.45, 7) is 0. The molecule has 0 aromatic heterocycles. The lowest BCUT2D eigenvalue weighted by atomic mass is 10.0. The summed E-state index contributed by atoms with van der Waals surface area (Å²) >= 11 is 1.91. The van der Waals surface area contributed by atoms with Gasteiger partial charge in [-0.05, 0) is 36.5 Å². The minimum Gasteiger partial charge on any atom is -0.497 e. The van der Waals surface area contributed by atoms with Crippen LogP contribution in [0.2, 0.25) is 0 Å². The van der Waals surface area contributed by atoms with Gasteiger partial charge in [-0.1, -0.05) is 0 Å². The number of thioether (sulfide) groups is 1. The number of carbonyl (C=O) groups excluding carboxylic acids is 1. The second-order valence-electron chi connectivity index (χ2n) is 4.44. The second-order valence-corrected chi connectivity index (χ2v) is 5.67. The molecule has 1 heterocycles. The average molecular weight is 281 g/mol. The topological polar surface area (TPSA) is 47.6 Å². The smallest absolute Gasteiger partial charge is 0.227 e. The molecular formula is C14H19NO3S. The van der Waals surface area contributed by atoms with E-state index in [0.29, 0.717) is 17.2 Å². The highest BCUT2D eigenvalue weighted by Crippen LogP contribution is 2.30. The molecule has 1 aromatic carbocycles. The molecule has 1 aliphatic rings. The summed E-state index contributed by atoms with van der Waals surface area (Å²) in [4.78, 5) is 12.2. The van der Waals surface area contributed by atoms with Gasteiger partial charge < -0.3 is 14.8 Å². The predicted octanol–water partition coefficient (Wildman–Crippen LogP) is 2.79. The van der Waals surface area contributed by atoms with Gasteiger partial charge in [-0.25, -0.2) is 0 Å². The minimum absolute atomic E-state index is 0.0868. The van der Waals surface area contributed by atoms with Crippen LogP contribution >= 0.6 is 11.8 Å². The number of hydrogen-bond donors (Lipinski definition) is 1. The Balaban J connectivity index is 2.07. The fourth-order valence-corrected chi connectivity index (χ4v) is 3.20. The fourth-order valence-electron chi connectivity index (χ4n) is 2.10. The first-order valence-electron chi connectivity index (χ1n) is 6.35. The lowest BCUT2D eigenvalue weighted by Gasteiger charge is -2.21. The maximum atomic E-state index is 12.2. The lowest BCUT2D eigenvalue weighted by Crippen LogP contribution is -2.26. The summed E-state index contributed by atoms with van der Waals surface area (Å²) in [5.41, 5.74) is 0.700. The molecule has 0 aliphatic carbocycles. The van der Waals surface area contributed by atoms with Crippen LogP contribution in [0, 0.1) is 5.92 Å². The largest absolute Gasteiger partial charge is 0.497 e. The molecule has 4 nitrogen and oxygen atoms in total. The van der Waals surface area contributed by atoms with E-state index in [1.54, 1.807) is 20.3 Å². The number of nitrogens with one attached hydrogen (secondary N) is 1. The first kappa shape index (κ1) is 14.1. The molecule has 0 atom stereocenters. The van der Waals surface area contributed by atoms with Crippen LogP contribution in [-0.4, -0.2) is 31.6 Å². The van der Waals surface area contributed by atoms with E-state index in [-0.39, 0.29) is 11.8 Å². The molecule has 19 heavy (non-hydrogen) atoms. The van der Waals surface area contributed by atoms with Gasteiger partial charge >= 0.3 is 0 Å². The zero-order valence-electron chi connectivity index (χ0n) is 11.3. The molecule has 0 spiro atoms. The summed E-state index contributed by atoms with van der Waals surface area (Å²) in [7, 11) is 3.19. The lowest BCUT2D eigenvalue weighted by molar-refractivity contribution is -0.120. The van der Waals surface area contributed by atoms with Crippen molar-refractivity contribution in [2.45, 2.75) is 12.8 Å². The van der Waals surface area contributed by atoms with Crippen molar-refractivity contribution in [1.82, 2.24) is 0 Å². The van der Waals surface area contributed by atoms with Crippen LogP contribution in [0.3, 0.4) is 0 Å². The van der Waals surface area contributed by atoms with Crippen molar-refractivity contribution in [1.29, 1.82) is 0 Å². The third-order valence-corrected chi connectivity index (χ3v) is 4.31. The van der Waals surface area contributed by atoms with E-state index >= 15 is 0 Å². The van der Waals surface area contributed by atoms with Crippen molar-refractivity contribution in [2.75, 3.05) is 31.0 Å². The first-order chi connectivity index (χ1) is 9.24. The quantitative estimate of drug-likeness (QED) is 0.922. The highest BCUT2D eigenvalue weighted by Gasteiger charge is 2.22. The van der Waals surface area contributed by atoms with E-state index in [1.165, 1.54) is 0 Å². The number of hydrogen-bond acceptors (Lipinski definition) is 4. The monoisotopic (exact) mass is 281 g/mol. The SMILES string of the molecule is COc1ccc(NC(=O)C2CCSCC2)c(OC)c1. The van der Waals surface area contributed by atoms with E-state index in [4.69, 9.17) is 9.47 Å². The third kappa shape index (κ3) is 3.56. The van der Waals surface area contributed by atoms with E-state index in [9.17, 15) is 4.79 Å². The summed E-state index contributed by atoms with van der Waals surface area (Å²) in [5, 5.41) is 2.95. The number of rotatable bonds is 4. The molecule has 0 saturated carbocycles. The fraction of sp³-hybridized carbons (Fsp3) is 0.500. The van der Waals surface area contributed by atoms with E-state index in [0.717, 1.165) is 24.3 Å². The predicted molar refractivity (Wildman–Crippen MR) is 78.2 cm³/mol. The summed E-state index contributed by atoms with van der Waals surface area (Å²) < 4.78 is 10.4. The summed E-state index contributed by atoms with van der Waals surface area (Å²) in [6, 6.07) is 5.40. The number of benzene rings is 1. The Hall–Kier alpha value is -1.36. The van der Waals surface area contributed by atoms with Crippen LogP contribution < -0.4 is 14.8 Å². The van der Waals surface area contributed by atoms with Crippen LogP contribution in [0.4, 0.5) is 5.69 Å². The molecule has 1 aliphatic heterocycles. The average Bonchev–Trinajstić information content (AvgIpc) is 2.48. The van der Waals surface area contributed by atoms with Crippen molar-refractivity contribution in [2.24, 2.45) is 5.92 Å². The molecule has 0 bridgehead atoms. The van der Waals surface area contributed by atoms with E-state index in [2.05, 4.69) is 5.32 Å². The normalized spacial score (nSPS) is 15.9. The molecule has 5 heteroatoms. The van der Waals surface area contributed by atoms with Crippen molar-refractivity contribution in [3.8, 4) is 11.5 Å². The Kier molecular flexibility index (Phi) is 4.96. The molecule has 1 aromatic rings. The standard InChI is InChI=1S/C14H19NO3S/c1-17-11-3-4-12(13(9-11)18-2)15-14(16)10-5-7-19-8-6-10/h3-4,9-10H,5-8H2,1-2H3,(H,15,16). The van der Waals surface area contributed by atoms with Gasteiger partial charge in [-0.15, -0.1) is 0 Å². The maximum absolute atomic E-state index is 12.2.